The molecule has 0 aromatic rings. The molecule has 9 heteroatoms. The fourth-order valence-electron chi connectivity index (χ4n) is 3.19. The standard InChI is InChI=1S/C23H39NO8/c1-21(2,3)32-23(6,7)14-16-30-22(4,5)13-15-29-19(27)9-8-10-20(28)31-24-17(25)11-12-18(24)26/h8-16H2,1-7H3. The maximum atomic E-state index is 11.9. The quantitative estimate of drug-likeness (QED) is 0.305. The number of hydrogen-bond donors (Lipinski definition) is 0. The minimum Gasteiger partial charge on any atom is -0.466 e. The van der Waals surface area contributed by atoms with Crippen molar-refractivity contribution in [2.75, 3.05) is 13.2 Å². The summed E-state index contributed by atoms with van der Waals surface area (Å²) in [5.74, 6) is -2.22. The highest BCUT2D eigenvalue weighted by molar-refractivity contribution is 6.01. The van der Waals surface area contributed by atoms with Crippen LogP contribution in [-0.4, -0.2) is 58.8 Å². The first-order chi connectivity index (χ1) is 14.6. The van der Waals surface area contributed by atoms with Gasteiger partial charge in [0.1, 0.15) is 0 Å². The van der Waals surface area contributed by atoms with Crippen molar-refractivity contribution < 1.29 is 38.2 Å². The molecule has 1 fully saturated rings. The molecular formula is C23H39NO8. The fraction of sp³-hybridized carbons (Fsp3) is 0.826. The van der Waals surface area contributed by atoms with Gasteiger partial charge in [0.25, 0.3) is 11.8 Å². The third kappa shape index (κ3) is 11.6. The van der Waals surface area contributed by atoms with Gasteiger partial charge in [-0.15, -0.1) is 5.06 Å². The van der Waals surface area contributed by atoms with Crippen molar-refractivity contribution in [2.24, 2.45) is 0 Å². The first kappa shape index (κ1) is 28.0. The molecule has 32 heavy (non-hydrogen) atoms. The van der Waals surface area contributed by atoms with E-state index in [4.69, 9.17) is 19.0 Å². The van der Waals surface area contributed by atoms with Gasteiger partial charge < -0.3 is 19.0 Å². The van der Waals surface area contributed by atoms with Crippen molar-refractivity contribution in [3.8, 4) is 0 Å². The predicted molar refractivity (Wildman–Crippen MR) is 116 cm³/mol. The molecular weight excluding hydrogens is 418 g/mol. The normalized spacial score (nSPS) is 15.3. The smallest absolute Gasteiger partial charge is 0.333 e. The Morgan fingerprint density at radius 1 is 0.812 bits per heavy atom. The number of carbonyl (C=O) groups is 4. The molecule has 1 saturated heterocycles. The molecule has 0 aliphatic carbocycles. The molecule has 1 rings (SSSR count). The summed E-state index contributed by atoms with van der Waals surface area (Å²) in [4.78, 5) is 51.2. The van der Waals surface area contributed by atoms with E-state index in [1.807, 2.05) is 48.5 Å². The number of esters is 1. The lowest BCUT2D eigenvalue weighted by Crippen LogP contribution is -2.37. The van der Waals surface area contributed by atoms with E-state index in [2.05, 4.69) is 0 Å². The number of amides is 2. The Bertz CT molecular complexity index is 662. The van der Waals surface area contributed by atoms with Crippen molar-refractivity contribution in [3.63, 3.8) is 0 Å². The molecule has 184 valence electrons. The first-order valence-electron chi connectivity index (χ1n) is 11.2. The monoisotopic (exact) mass is 457 g/mol. The zero-order valence-electron chi connectivity index (χ0n) is 20.6. The summed E-state index contributed by atoms with van der Waals surface area (Å²) >= 11 is 0. The van der Waals surface area contributed by atoms with Crippen LogP contribution < -0.4 is 0 Å². The molecule has 1 heterocycles. The number of carbonyl (C=O) groups excluding carboxylic acids is 4. The number of imide groups is 1. The van der Waals surface area contributed by atoms with E-state index in [9.17, 15) is 19.2 Å². The largest absolute Gasteiger partial charge is 0.466 e. The Morgan fingerprint density at radius 3 is 1.91 bits per heavy atom. The lowest BCUT2D eigenvalue weighted by atomic mass is 10.0. The SMILES string of the molecule is CC(C)(C)OC(C)(C)CCOC(C)(C)CCOC(=O)CCCC(=O)ON1C(=O)CCC1=O. The summed E-state index contributed by atoms with van der Waals surface area (Å²) in [5, 5.41) is 0.499. The zero-order valence-corrected chi connectivity index (χ0v) is 20.6. The first-order valence-corrected chi connectivity index (χ1v) is 11.2. The van der Waals surface area contributed by atoms with Crippen LogP contribution >= 0.6 is 0 Å². The number of rotatable bonds is 13. The molecule has 0 saturated carbocycles. The van der Waals surface area contributed by atoms with E-state index in [1.165, 1.54) is 0 Å². The molecule has 0 spiro atoms. The minimum absolute atomic E-state index is 0.0383. The molecule has 0 unspecified atom stereocenters. The maximum Gasteiger partial charge on any atom is 0.333 e. The van der Waals surface area contributed by atoms with Crippen LogP contribution in [0.4, 0.5) is 0 Å². The topological polar surface area (TPSA) is 108 Å². The van der Waals surface area contributed by atoms with Crippen LogP contribution in [0.5, 0.6) is 0 Å². The van der Waals surface area contributed by atoms with Gasteiger partial charge in [-0.3, -0.25) is 14.4 Å². The second-order valence-corrected chi connectivity index (χ2v) is 10.2. The summed E-state index contributed by atoms with van der Waals surface area (Å²) in [6.45, 7) is 14.7. The van der Waals surface area contributed by atoms with Gasteiger partial charge in [0, 0.05) is 32.1 Å². The van der Waals surface area contributed by atoms with Crippen LogP contribution in [0.15, 0.2) is 0 Å². The zero-order chi connectivity index (χ0) is 24.6. The van der Waals surface area contributed by atoms with E-state index in [0.29, 0.717) is 18.1 Å². The predicted octanol–water partition coefficient (Wildman–Crippen LogP) is 3.48. The van der Waals surface area contributed by atoms with E-state index < -0.39 is 29.4 Å². The molecule has 9 nitrogen and oxygen atoms in total. The Hall–Kier alpha value is -2.00. The van der Waals surface area contributed by atoms with E-state index in [0.717, 1.165) is 6.42 Å². The maximum absolute atomic E-state index is 11.9. The van der Waals surface area contributed by atoms with Crippen molar-refractivity contribution in [2.45, 2.75) is 110 Å². The average molecular weight is 458 g/mol. The van der Waals surface area contributed by atoms with Crippen LogP contribution in [-0.2, 0) is 38.2 Å². The number of ether oxygens (including phenoxy) is 3. The molecule has 0 N–H and O–H groups in total. The van der Waals surface area contributed by atoms with Gasteiger partial charge in [-0.05, 0) is 61.3 Å². The second-order valence-electron chi connectivity index (χ2n) is 10.2. The summed E-state index contributed by atoms with van der Waals surface area (Å²) in [6, 6.07) is 0. The van der Waals surface area contributed by atoms with Crippen LogP contribution in [0.2, 0.25) is 0 Å². The number of hydroxylamine groups is 2. The Balaban J connectivity index is 2.19. The van der Waals surface area contributed by atoms with Crippen molar-refractivity contribution in [1.29, 1.82) is 0 Å². The number of nitrogens with zero attached hydrogens (tertiary/aromatic N) is 1. The molecule has 2 amide bonds. The summed E-state index contributed by atoms with van der Waals surface area (Å²) < 4.78 is 17.2. The minimum atomic E-state index is -0.728. The van der Waals surface area contributed by atoms with Gasteiger partial charge in [0.15, 0.2) is 0 Å². The molecule has 0 aromatic heterocycles. The molecule has 1 aliphatic heterocycles. The summed E-state index contributed by atoms with van der Waals surface area (Å²) in [5.41, 5.74) is -0.999. The Labute approximate surface area is 191 Å². The highest BCUT2D eigenvalue weighted by atomic mass is 16.7. The Kier molecular flexibility index (Phi) is 10.3. The average Bonchev–Trinajstić information content (AvgIpc) is 2.91. The lowest BCUT2D eigenvalue weighted by molar-refractivity contribution is -0.197. The molecule has 1 aliphatic rings. The Morgan fingerprint density at radius 2 is 1.34 bits per heavy atom. The number of hydrogen-bond acceptors (Lipinski definition) is 8. The highest BCUT2D eigenvalue weighted by Gasteiger charge is 2.32. The molecule has 0 atom stereocenters. The summed E-state index contributed by atoms with van der Waals surface area (Å²) in [7, 11) is 0. The van der Waals surface area contributed by atoms with Crippen LogP contribution in [0.25, 0.3) is 0 Å². The summed E-state index contributed by atoms with van der Waals surface area (Å²) in [6.07, 6.45) is 1.50. The van der Waals surface area contributed by atoms with Gasteiger partial charge in [-0.2, -0.15) is 0 Å². The highest BCUT2D eigenvalue weighted by Crippen LogP contribution is 2.24. The molecule has 0 bridgehead atoms. The van der Waals surface area contributed by atoms with Gasteiger partial charge in [-0.1, -0.05) is 0 Å². The van der Waals surface area contributed by atoms with Gasteiger partial charge >= 0.3 is 11.9 Å². The van der Waals surface area contributed by atoms with Crippen LogP contribution in [0.3, 0.4) is 0 Å². The van der Waals surface area contributed by atoms with Gasteiger partial charge in [-0.25, -0.2) is 4.79 Å². The third-order valence-corrected chi connectivity index (χ3v) is 4.71. The third-order valence-electron chi connectivity index (χ3n) is 4.71. The molecule has 0 aromatic carbocycles. The van der Waals surface area contributed by atoms with E-state index >= 15 is 0 Å². The van der Waals surface area contributed by atoms with E-state index in [-0.39, 0.29) is 49.9 Å². The van der Waals surface area contributed by atoms with Crippen LogP contribution in [0, 0.1) is 0 Å². The van der Waals surface area contributed by atoms with Gasteiger partial charge in [0.05, 0.1) is 30.0 Å². The molecule has 0 radical (unpaired) electrons. The van der Waals surface area contributed by atoms with Crippen LogP contribution in [0.1, 0.15) is 93.4 Å². The van der Waals surface area contributed by atoms with Crippen molar-refractivity contribution in [3.05, 3.63) is 0 Å². The van der Waals surface area contributed by atoms with Gasteiger partial charge in [0.2, 0.25) is 0 Å². The van der Waals surface area contributed by atoms with E-state index in [1.54, 1.807) is 0 Å². The van der Waals surface area contributed by atoms with Crippen molar-refractivity contribution in [1.82, 2.24) is 5.06 Å². The lowest BCUT2D eigenvalue weighted by Gasteiger charge is -2.35. The fourth-order valence-corrected chi connectivity index (χ4v) is 3.19. The second kappa shape index (κ2) is 11.7. The van der Waals surface area contributed by atoms with Crippen molar-refractivity contribution >= 4 is 23.8 Å².